The van der Waals surface area contributed by atoms with Crippen molar-refractivity contribution in [2.45, 2.75) is 37.4 Å². The van der Waals surface area contributed by atoms with E-state index in [1.807, 2.05) is 0 Å². The van der Waals surface area contributed by atoms with E-state index in [1.54, 1.807) is 4.90 Å². The van der Waals surface area contributed by atoms with Gasteiger partial charge >= 0.3 is 0 Å². The molecule has 1 aromatic rings. The maximum absolute atomic E-state index is 13.7. The molecule has 0 bridgehead atoms. The lowest BCUT2D eigenvalue weighted by atomic mass is 9.83. The Morgan fingerprint density at radius 2 is 2.05 bits per heavy atom. The van der Waals surface area contributed by atoms with Crippen LogP contribution < -0.4 is 0 Å². The zero-order chi connectivity index (χ0) is 15.7. The van der Waals surface area contributed by atoms with Gasteiger partial charge in [0.1, 0.15) is 11.6 Å². The largest absolute Gasteiger partial charge is 0.393 e. The van der Waals surface area contributed by atoms with Gasteiger partial charge in [0.05, 0.1) is 17.3 Å². The Hall–Kier alpha value is -1.53. The molecule has 1 aromatic carbocycles. The molecule has 0 aromatic heterocycles. The van der Waals surface area contributed by atoms with E-state index in [0.717, 1.165) is 12.1 Å². The molecule has 2 saturated heterocycles. The number of rotatable bonds is 1. The quantitative estimate of drug-likeness (QED) is 0.864. The molecule has 120 valence electrons. The fraction of sp³-hybridized carbons (Fsp3) is 0.562. The normalized spacial score (nSPS) is 24.5. The van der Waals surface area contributed by atoms with Gasteiger partial charge in [-0.25, -0.2) is 8.78 Å². The summed E-state index contributed by atoms with van der Waals surface area (Å²) >= 11 is 0. The van der Waals surface area contributed by atoms with E-state index in [-0.39, 0.29) is 17.3 Å². The molecule has 6 heteroatoms. The second kappa shape index (κ2) is 5.93. The number of aliphatic hydroxyl groups excluding tert-OH is 1. The number of hydrogen-bond acceptors (Lipinski definition) is 3. The number of amides is 1. The third kappa shape index (κ3) is 2.98. The van der Waals surface area contributed by atoms with Crippen LogP contribution in [0, 0.1) is 11.6 Å². The summed E-state index contributed by atoms with van der Waals surface area (Å²) in [7, 11) is 0. The molecule has 0 aliphatic carbocycles. The fourth-order valence-electron chi connectivity index (χ4n) is 3.30. The number of likely N-dealkylation sites (tertiary alicyclic amines) is 1. The van der Waals surface area contributed by atoms with Crippen LogP contribution in [0.15, 0.2) is 18.2 Å². The average molecular weight is 311 g/mol. The molecule has 2 aliphatic heterocycles. The van der Waals surface area contributed by atoms with Crippen molar-refractivity contribution in [3.63, 3.8) is 0 Å². The number of aliphatic hydroxyl groups is 1. The van der Waals surface area contributed by atoms with Crippen molar-refractivity contribution in [1.82, 2.24) is 4.90 Å². The molecule has 4 nitrogen and oxygen atoms in total. The monoisotopic (exact) mass is 311 g/mol. The Labute approximate surface area is 127 Å². The number of hydrogen-bond donors (Lipinski definition) is 1. The van der Waals surface area contributed by atoms with Crippen LogP contribution in [0.5, 0.6) is 0 Å². The molecule has 0 saturated carbocycles. The molecule has 1 N–H and O–H groups in total. The first-order valence-corrected chi connectivity index (χ1v) is 7.55. The highest BCUT2D eigenvalue weighted by Gasteiger charge is 2.41. The highest BCUT2D eigenvalue weighted by atomic mass is 19.1. The van der Waals surface area contributed by atoms with Crippen LogP contribution in [0.25, 0.3) is 0 Å². The van der Waals surface area contributed by atoms with Crippen LogP contribution in [0.1, 0.15) is 36.0 Å². The molecule has 2 fully saturated rings. The van der Waals surface area contributed by atoms with Crippen LogP contribution in [0.3, 0.4) is 0 Å². The predicted octanol–water partition coefficient (Wildman–Crippen LogP) is 2.11. The Morgan fingerprint density at radius 1 is 1.32 bits per heavy atom. The van der Waals surface area contributed by atoms with E-state index in [9.17, 15) is 18.7 Å². The number of nitrogens with zero attached hydrogens (tertiary/aromatic N) is 1. The van der Waals surface area contributed by atoms with Crippen molar-refractivity contribution in [2.24, 2.45) is 0 Å². The molecule has 1 unspecified atom stereocenters. The van der Waals surface area contributed by atoms with Crippen molar-refractivity contribution in [3.8, 4) is 0 Å². The zero-order valence-corrected chi connectivity index (χ0v) is 12.2. The smallest absolute Gasteiger partial charge is 0.256 e. The van der Waals surface area contributed by atoms with Crippen molar-refractivity contribution in [1.29, 1.82) is 0 Å². The maximum atomic E-state index is 13.7. The van der Waals surface area contributed by atoms with Crippen LogP contribution >= 0.6 is 0 Å². The molecule has 22 heavy (non-hydrogen) atoms. The number of carbonyl (C=O) groups excluding carboxylic acids is 1. The highest BCUT2D eigenvalue weighted by Crippen LogP contribution is 2.35. The van der Waals surface area contributed by atoms with Gasteiger partial charge in [-0.05, 0) is 31.4 Å². The summed E-state index contributed by atoms with van der Waals surface area (Å²) in [6, 6.07) is 2.99. The van der Waals surface area contributed by atoms with Gasteiger partial charge < -0.3 is 14.7 Å². The van der Waals surface area contributed by atoms with Crippen molar-refractivity contribution in [2.75, 3.05) is 19.7 Å². The fourth-order valence-corrected chi connectivity index (χ4v) is 3.30. The van der Waals surface area contributed by atoms with E-state index in [4.69, 9.17) is 4.74 Å². The second-order valence-corrected chi connectivity index (χ2v) is 6.09. The first-order valence-electron chi connectivity index (χ1n) is 7.55. The molecule has 1 spiro atoms. The molecule has 2 heterocycles. The minimum absolute atomic E-state index is 0.109. The predicted molar refractivity (Wildman–Crippen MR) is 75.4 cm³/mol. The lowest BCUT2D eigenvalue weighted by Crippen LogP contribution is -2.51. The lowest BCUT2D eigenvalue weighted by molar-refractivity contribution is -0.139. The van der Waals surface area contributed by atoms with Crippen molar-refractivity contribution in [3.05, 3.63) is 35.4 Å². The molecule has 1 atom stereocenters. The minimum Gasteiger partial charge on any atom is -0.393 e. The van der Waals surface area contributed by atoms with Crippen LogP contribution in [0.4, 0.5) is 8.78 Å². The van der Waals surface area contributed by atoms with Gasteiger partial charge in [-0.15, -0.1) is 0 Å². The van der Waals surface area contributed by atoms with Gasteiger partial charge in [-0.1, -0.05) is 0 Å². The Morgan fingerprint density at radius 3 is 2.68 bits per heavy atom. The number of ether oxygens (including phenoxy) is 1. The Bertz CT molecular complexity index is 571. The lowest BCUT2D eigenvalue weighted by Gasteiger charge is -2.45. The maximum Gasteiger partial charge on any atom is 0.256 e. The Balaban J connectivity index is 1.67. The summed E-state index contributed by atoms with van der Waals surface area (Å²) in [5.41, 5.74) is -0.475. The van der Waals surface area contributed by atoms with Gasteiger partial charge in [-0.3, -0.25) is 4.79 Å². The van der Waals surface area contributed by atoms with E-state index in [1.165, 1.54) is 6.07 Å². The first-order chi connectivity index (χ1) is 10.5. The molecular weight excluding hydrogens is 292 g/mol. The van der Waals surface area contributed by atoms with Crippen molar-refractivity contribution >= 4 is 5.91 Å². The zero-order valence-electron chi connectivity index (χ0n) is 12.2. The number of benzene rings is 1. The van der Waals surface area contributed by atoms with Crippen LogP contribution in [-0.4, -0.2) is 47.3 Å². The molecule has 1 amide bonds. The van der Waals surface area contributed by atoms with Crippen LogP contribution in [0.2, 0.25) is 0 Å². The average Bonchev–Trinajstić information content (AvgIpc) is 2.47. The second-order valence-electron chi connectivity index (χ2n) is 6.09. The molecular formula is C16H19F2NO3. The standard InChI is InChI=1S/C16H19F2NO3/c17-11-1-2-13(14(18)9-11)15(21)19-6-4-16(5-7-19)10-12(20)3-8-22-16/h1-2,9,12,20H,3-8,10H2. The van der Waals surface area contributed by atoms with Gasteiger partial charge in [0, 0.05) is 32.2 Å². The van der Waals surface area contributed by atoms with Gasteiger partial charge in [0.2, 0.25) is 0 Å². The summed E-state index contributed by atoms with van der Waals surface area (Å²) in [6.45, 7) is 1.42. The van der Waals surface area contributed by atoms with Crippen LogP contribution in [-0.2, 0) is 4.74 Å². The molecule has 3 rings (SSSR count). The van der Waals surface area contributed by atoms with E-state index in [0.29, 0.717) is 45.4 Å². The number of piperidine rings is 1. The van der Waals surface area contributed by atoms with Gasteiger partial charge in [0.15, 0.2) is 0 Å². The van der Waals surface area contributed by atoms with E-state index >= 15 is 0 Å². The minimum atomic E-state index is -0.838. The van der Waals surface area contributed by atoms with E-state index in [2.05, 4.69) is 0 Å². The summed E-state index contributed by atoms with van der Waals surface area (Å²) in [6.07, 6.45) is 2.12. The summed E-state index contributed by atoms with van der Waals surface area (Å²) in [4.78, 5) is 13.9. The number of carbonyl (C=O) groups is 1. The number of halogens is 2. The summed E-state index contributed by atoms with van der Waals surface area (Å²) in [5, 5.41) is 9.80. The third-order valence-electron chi connectivity index (χ3n) is 4.59. The summed E-state index contributed by atoms with van der Waals surface area (Å²) in [5.74, 6) is -1.96. The van der Waals surface area contributed by atoms with Crippen molar-refractivity contribution < 1.29 is 23.4 Å². The highest BCUT2D eigenvalue weighted by molar-refractivity contribution is 5.94. The Kier molecular flexibility index (Phi) is 4.14. The van der Waals surface area contributed by atoms with Gasteiger partial charge in [-0.2, -0.15) is 0 Å². The van der Waals surface area contributed by atoms with Gasteiger partial charge in [0.25, 0.3) is 5.91 Å². The summed E-state index contributed by atoms with van der Waals surface area (Å²) < 4.78 is 32.5. The third-order valence-corrected chi connectivity index (χ3v) is 4.59. The topological polar surface area (TPSA) is 49.8 Å². The SMILES string of the molecule is O=C(c1ccc(F)cc1F)N1CCC2(CC1)CC(O)CCO2. The van der Waals surface area contributed by atoms with E-state index < -0.39 is 17.5 Å². The first kappa shape index (κ1) is 15.4. The molecule has 2 aliphatic rings. The molecule has 0 radical (unpaired) electrons.